The Morgan fingerprint density at radius 2 is 1.62 bits per heavy atom. The second-order valence-corrected chi connectivity index (χ2v) is 10.3. The molecule has 0 aliphatic carbocycles. The maximum atomic E-state index is 13.0. The number of amides is 1. The highest BCUT2D eigenvalue weighted by Gasteiger charge is 2.29. The fourth-order valence-corrected chi connectivity index (χ4v) is 5.45. The summed E-state index contributed by atoms with van der Waals surface area (Å²) in [6.45, 7) is 8.28. The van der Waals surface area contributed by atoms with Gasteiger partial charge in [-0.05, 0) is 86.3 Å². The molecule has 0 spiro atoms. The molecule has 1 amide bonds. The highest BCUT2D eigenvalue weighted by atomic mass is 32.2. The first-order valence-electron chi connectivity index (χ1n) is 13.0. The first-order valence-corrected chi connectivity index (χ1v) is 13.8. The molecule has 6 nitrogen and oxygen atoms in total. The summed E-state index contributed by atoms with van der Waals surface area (Å²) in [6.07, 6.45) is 0.999. The van der Waals surface area contributed by atoms with Gasteiger partial charge in [-0.3, -0.25) is 9.69 Å². The molecule has 1 aliphatic rings. The van der Waals surface area contributed by atoms with E-state index in [4.69, 9.17) is 9.47 Å². The number of carbonyl (C=O) groups excluding carboxylic acids is 1. The minimum Gasteiger partial charge on any atom is -0.494 e. The van der Waals surface area contributed by atoms with Gasteiger partial charge >= 0.3 is 0 Å². The molecule has 0 aromatic heterocycles. The quantitative estimate of drug-likeness (QED) is 0.285. The number of hydrogen-bond donors (Lipinski definition) is 0. The van der Waals surface area contributed by atoms with Gasteiger partial charge in [0.1, 0.15) is 11.5 Å². The Morgan fingerprint density at radius 3 is 2.30 bits per heavy atom. The van der Waals surface area contributed by atoms with Gasteiger partial charge in [-0.2, -0.15) is 0 Å². The van der Waals surface area contributed by atoms with E-state index in [0.29, 0.717) is 18.9 Å². The van der Waals surface area contributed by atoms with Gasteiger partial charge in [0.05, 0.1) is 6.61 Å². The van der Waals surface area contributed by atoms with Crippen molar-refractivity contribution in [2.75, 3.05) is 44.2 Å². The zero-order chi connectivity index (χ0) is 26.0. The lowest BCUT2D eigenvalue weighted by Crippen LogP contribution is -2.44. The van der Waals surface area contributed by atoms with Gasteiger partial charge < -0.3 is 18.7 Å². The van der Waals surface area contributed by atoms with E-state index in [9.17, 15) is 4.79 Å². The van der Waals surface area contributed by atoms with Crippen molar-refractivity contribution in [2.45, 2.75) is 37.8 Å². The molecule has 1 heterocycles. The Kier molecular flexibility index (Phi) is 9.74. The van der Waals surface area contributed by atoms with Crippen LogP contribution in [0.2, 0.25) is 0 Å². The number of nitrogens with zero attached hydrogens (tertiary/aromatic N) is 3. The van der Waals surface area contributed by atoms with Crippen LogP contribution in [-0.2, 0) is 11.3 Å². The van der Waals surface area contributed by atoms with Crippen molar-refractivity contribution in [3.05, 3.63) is 84.4 Å². The van der Waals surface area contributed by atoms with Gasteiger partial charge in [0.15, 0.2) is 6.61 Å². The summed E-state index contributed by atoms with van der Waals surface area (Å²) < 4.78 is 13.5. The summed E-state index contributed by atoms with van der Waals surface area (Å²) in [5, 5.41) is 0. The van der Waals surface area contributed by atoms with E-state index in [1.165, 1.54) is 5.56 Å². The molecular formula is C30H37N3O3S. The fraction of sp³-hybridized carbons (Fsp3) is 0.367. The van der Waals surface area contributed by atoms with E-state index in [2.05, 4.69) is 45.6 Å². The third-order valence-electron chi connectivity index (χ3n) is 6.54. The smallest absolute Gasteiger partial charge is 0.260 e. The molecule has 37 heavy (non-hydrogen) atoms. The van der Waals surface area contributed by atoms with E-state index in [-0.39, 0.29) is 18.6 Å². The van der Waals surface area contributed by atoms with Gasteiger partial charge in [-0.1, -0.05) is 30.3 Å². The van der Waals surface area contributed by atoms with Crippen LogP contribution < -0.4 is 13.8 Å². The zero-order valence-electron chi connectivity index (χ0n) is 22.0. The number of rotatable bonds is 12. The first kappa shape index (κ1) is 26.9. The topological polar surface area (TPSA) is 45.3 Å². The Balaban J connectivity index is 1.24. The molecule has 3 aromatic carbocycles. The molecular weight excluding hydrogens is 482 g/mol. The summed E-state index contributed by atoms with van der Waals surface area (Å²) in [7, 11) is 2.03. The largest absolute Gasteiger partial charge is 0.494 e. The predicted octanol–water partition coefficient (Wildman–Crippen LogP) is 5.73. The second kappa shape index (κ2) is 13.4. The van der Waals surface area contributed by atoms with Crippen LogP contribution in [0.5, 0.6) is 11.5 Å². The van der Waals surface area contributed by atoms with Crippen molar-refractivity contribution in [1.29, 1.82) is 0 Å². The van der Waals surface area contributed by atoms with Crippen LogP contribution in [0.3, 0.4) is 0 Å². The molecule has 1 aliphatic heterocycles. The normalized spacial score (nSPS) is 15.4. The van der Waals surface area contributed by atoms with E-state index in [1.807, 2.05) is 68.3 Å². The third kappa shape index (κ3) is 7.66. The van der Waals surface area contributed by atoms with E-state index >= 15 is 0 Å². The first-order chi connectivity index (χ1) is 18.1. The lowest BCUT2D eigenvalue weighted by Gasteiger charge is -2.28. The lowest BCUT2D eigenvalue weighted by atomic mass is 10.2. The Bertz CT molecular complexity index is 1110. The Labute approximate surface area is 225 Å². The molecule has 0 saturated carbocycles. The van der Waals surface area contributed by atoms with Crippen molar-refractivity contribution in [2.24, 2.45) is 0 Å². The van der Waals surface area contributed by atoms with Crippen LogP contribution >= 0.6 is 11.9 Å². The van der Waals surface area contributed by atoms with Crippen molar-refractivity contribution in [3.8, 4) is 11.5 Å². The average molecular weight is 520 g/mol. The van der Waals surface area contributed by atoms with E-state index < -0.39 is 0 Å². The SMILES string of the molecule is CCOc1ccc(SN(C)c2ccc(OCC(=O)N(CC)C3CCN(Cc4ccccc4)C3)cc2)cc1. The molecule has 1 unspecified atom stereocenters. The van der Waals surface area contributed by atoms with Gasteiger partial charge in [-0.15, -0.1) is 0 Å². The summed E-state index contributed by atoms with van der Waals surface area (Å²) in [4.78, 5) is 18.5. The third-order valence-corrected chi connectivity index (χ3v) is 7.51. The summed E-state index contributed by atoms with van der Waals surface area (Å²) in [5.74, 6) is 1.62. The van der Waals surface area contributed by atoms with Crippen molar-refractivity contribution >= 4 is 23.5 Å². The summed E-state index contributed by atoms with van der Waals surface area (Å²) in [5.41, 5.74) is 2.37. The Morgan fingerprint density at radius 1 is 0.946 bits per heavy atom. The van der Waals surface area contributed by atoms with Crippen molar-refractivity contribution in [1.82, 2.24) is 9.80 Å². The minimum absolute atomic E-state index is 0.0429. The van der Waals surface area contributed by atoms with Crippen molar-refractivity contribution < 1.29 is 14.3 Å². The predicted molar refractivity (Wildman–Crippen MR) is 151 cm³/mol. The maximum Gasteiger partial charge on any atom is 0.260 e. The number of likely N-dealkylation sites (N-methyl/N-ethyl adjacent to an activating group) is 1. The van der Waals surface area contributed by atoms with Crippen LogP contribution in [0.15, 0.2) is 83.8 Å². The van der Waals surface area contributed by atoms with Gasteiger partial charge in [0, 0.05) is 49.9 Å². The zero-order valence-corrected chi connectivity index (χ0v) is 22.8. The van der Waals surface area contributed by atoms with Crippen LogP contribution in [0.4, 0.5) is 5.69 Å². The molecule has 1 atom stereocenters. The lowest BCUT2D eigenvalue weighted by molar-refractivity contribution is -0.135. The highest BCUT2D eigenvalue weighted by Crippen LogP contribution is 2.29. The molecule has 0 bridgehead atoms. The van der Waals surface area contributed by atoms with E-state index in [1.54, 1.807) is 11.9 Å². The van der Waals surface area contributed by atoms with Crippen LogP contribution in [0, 0.1) is 0 Å². The molecule has 0 radical (unpaired) electrons. The number of anilines is 1. The summed E-state index contributed by atoms with van der Waals surface area (Å²) in [6, 6.07) is 26.7. The molecule has 1 saturated heterocycles. The minimum atomic E-state index is 0.0429. The number of hydrogen-bond acceptors (Lipinski definition) is 6. The highest BCUT2D eigenvalue weighted by molar-refractivity contribution is 8.00. The fourth-order valence-electron chi connectivity index (χ4n) is 4.64. The number of carbonyl (C=O) groups is 1. The molecule has 3 aromatic rings. The van der Waals surface area contributed by atoms with Crippen molar-refractivity contribution in [3.63, 3.8) is 0 Å². The van der Waals surface area contributed by atoms with Crippen LogP contribution in [0.25, 0.3) is 0 Å². The molecule has 196 valence electrons. The molecule has 0 N–H and O–H groups in total. The summed E-state index contributed by atoms with van der Waals surface area (Å²) >= 11 is 1.64. The molecule has 7 heteroatoms. The second-order valence-electron chi connectivity index (χ2n) is 9.12. The average Bonchev–Trinajstić information content (AvgIpc) is 3.38. The maximum absolute atomic E-state index is 13.0. The molecule has 1 fully saturated rings. The Hall–Kier alpha value is -3.16. The number of benzene rings is 3. The van der Waals surface area contributed by atoms with E-state index in [0.717, 1.165) is 42.4 Å². The van der Waals surface area contributed by atoms with Crippen LogP contribution in [-0.4, -0.2) is 61.6 Å². The number of likely N-dealkylation sites (tertiary alicyclic amines) is 1. The molecule has 4 rings (SSSR count). The van der Waals surface area contributed by atoms with Gasteiger partial charge in [0.25, 0.3) is 5.91 Å². The monoisotopic (exact) mass is 519 g/mol. The van der Waals surface area contributed by atoms with Crippen LogP contribution in [0.1, 0.15) is 25.8 Å². The number of ether oxygens (including phenoxy) is 2. The van der Waals surface area contributed by atoms with Gasteiger partial charge in [0.2, 0.25) is 0 Å². The standard InChI is InChI=1S/C30H37N3O3S/c1-4-33(26-19-20-32(22-26)21-24-9-7-6-8-10-24)30(34)23-36-28-13-11-25(12-14-28)31(3)37-29-17-15-27(16-18-29)35-5-2/h6-18,26H,4-5,19-23H2,1-3H3. The van der Waals surface area contributed by atoms with Gasteiger partial charge in [-0.25, -0.2) is 0 Å².